The summed E-state index contributed by atoms with van der Waals surface area (Å²) in [7, 11) is 1.65. The normalized spacial score (nSPS) is 7.45. The molecule has 0 spiro atoms. The van der Waals surface area contributed by atoms with Gasteiger partial charge in [-0.25, -0.2) is 0 Å². The first-order valence-electron chi connectivity index (χ1n) is 2.62. The topological polar surface area (TPSA) is 9.23 Å². The van der Waals surface area contributed by atoms with Crippen LogP contribution in [0.25, 0.3) is 0 Å². The van der Waals surface area contributed by atoms with Crippen molar-refractivity contribution in [3.05, 3.63) is 28.7 Å². The molecule has 0 bridgehead atoms. The van der Waals surface area contributed by atoms with E-state index in [0.717, 1.165) is 10.2 Å². The molecule has 0 aromatic heterocycles. The van der Waals surface area contributed by atoms with Crippen LogP contribution in [-0.2, 0) is 0 Å². The molecule has 4 heteroatoms. The van der Waals surface area contributed by atoms with Crippen LogP contribution >= 0.6 is 32.9 Å². The SMILES string of the molecule is Br.COc1cccc(Br)c1.[H-].[H-].[Mg+2]. The Bertz CT molecular complexity index is 213. The zero-order valence-corrected chi connectivity index (χ0v) is 10.9. The minimum atomic E-state index is 0. The molecule has 0 aliphatic heterocycles. The quantitative estimate of drug-likeness (QED) is 0.724. The summed E-state index contributed by atoms with van der Waals surface area (Å²) in [6, 6.07) is 7.72. The third-order valence-electron chi connectivity index (χ3n) is 1.03. The number of hydrogen-bond donors (Lipinski definition) is 0. The molecule has 1 aromatic carbocycles. The molecule has 0 amide bonds. The van der Waals surface area contributed by atoms with Gasteiger partial charge in [0.15, 0.2) is 0 Å². The van der Waals surface area contributed by atoms with Gasteiger partial charge in [0.1, 0.15) is 5.75 Å². The van der Waals surface area contributed by atoms with Crippen molar-refractivity contribution in [2.45, 2.75) is 0 Å². The molecule has 0 unspecified atom stereocenters. The number of halogens is 2. The fourth-order valence-electron chi connectivity index (χ4n) is 0.594. The zero-order chi connectivity index (χ0) is 6.69. The van der Waals surface area contributed by atoms with E-state index in [1.165, 1.54) is 0 Å². The first-order valence-corrected chi connectivity index (χ1v) is 3.42. The second kappa shape index (κ2) is 7.40. The van der Waals surface area contributed by atoms with E-state index in [1.807, 2.05) is 24.3 Å². The van der Waals surface area contributed by atoms with Crippen molar-refractivity contribution < 1.29 is 7.59 Å². The molecular formula is C7H10Br2MgO. The van der Waals surface area contributed by atoms with Crippen molar-refractivity contribution in [3.63, 3.8) is 0 Å². The van der Waals surface area contributed by atoms with Crippen LogP contribution in [0, 0.1) is 0 Å². The molecule has 0 radical (unpaired) electrons. The van der Waals surface area contributed by atoms with Crippen LogP contribution in [0.4, 0.5) is 0 Å². The average Bonchev–Trinajstić information content (AvgIpc) is 1.88. The molecule has 0 atom stereocenters. The van der Waals surface area contributed by atoms with E-state index in [0.29, 0.717) is 0 Å². The molecule has 11 heavy (non-hydrogen) atoms. The average molecular weight is 294 g/mol. The molecule has 0 N–H and O–H groups in total. The molecule has 1 aromatic rings. The number of ether oxygens (including phenoxy) is 1. The van der Waals surface area contributed by atoms with Crippen LogP contribution in [0.15, 0.2) is 28.7 Å². The maximum atomic E-state index is 4.96. The van der Waals surface area contributed by atoms with Crippen LogP contribution in [0.1, 0.15) is 2.85 Å². The van der Waals surface area contributed by atoms with Gasteiger partial charge >= 0.3 is 23.1 Å². The third kappa shape index (κ3) is 5.06. The molecule has 0 fully saturated rings. The smallest absolute Gasteiger partial charge is 1.00 e. The predicted molar refractivity (Wildman–Crippen MR) is 59.0 cm³/mol. The van der Waals surface area contributed by atoms with Gasteiger partial charge in [-0.05, 0) is 18.2 Å². The van der Waals surface area contributed by atoms with Crippen LogP contribution in [0.3, 0.4) is 0 Å². The van der Waals surface area contributed by atoms with Crippen molar-refractivity contribution in [1.82, 2.24) is 0 Å². The van der Waals surface area contributed by atoms with E-state index in [-0.39, 0.29) is 42.9 Å². The minimum absolute atomic E-state index is 0. The molecular weight excluding hydrogens is 284 g/mol. The summed E-state index contributed by atoms with van der Waals surface area (Å²) in [4.78, 5) is 0. The predicted octanol–water partition coefficient (Wildman–Crippen LogP) is 2.88. The van der Waals surface area contributed by atoms with E-state index >= 15 is 0 Å². The molecule has 0 saturated carbocycles. The molecule has 0 aliphatic carbocycles. The summed E-state index contributed by atoms with van der Waals surface area (Å²) in [5, 5.41) is 0. The summed E-state index contributed by atoms with van der Waals surface area (Å²) in [5.74, 6) is 0.879. The monoisotopic (exact) mass is 292 g/mol. The third-order valence-corrected chi connectivity index (χ3v) is 1.53. The van der Waals surface area contributed by atoms with Gasteiger partial charge < -0.3 is 7.59 Å². The van der Waals surface area contributed by atoms with E-state index in [4.69, 9.17) is 4.74 Å². The van der Waals surface area contributed by atoms with E-state index in [2.05, 4.69) is 15.9 Å². The summed E-state index contributed by atoms with van der Waals surface area (Å²) >= 11 is 3.32. The van der Waals surface area contributed by atoms with Crippen LogP contribution in [0.2, 0.25) is 0 Å². The fraction of sp³-hybridized carbons (Fsp3) is 0.143. The van der Waals surface area contributed by atoms with Crippen molar-refractivity contribution in [2.24, 2.45) is 0 Å². The van der Waals surface area contributed by atoms with Crippen LogP contribution < -0.4 is 4.74 Å². The number of hydrogen-bond acceptors (Lipinski definition) is 1. The largest absolute Gasteiger partial charge is 2.00 e. The minimum Gasteiger partial charge on any atom is -1.00 e. The number of methoxy groups -OCH3 is 1. The van der Waals surface area contributed by atoms with Crippen LogP contribution in [-0.4, -0.2) is 30.2 Å². The Morgan fingerprint density at radius 1 is 1.45 bits per heavy atom. The van der Waals surface area contributed by atoms with Gasteiger partial charge in [0, 0.05) is 4.47 Å². The second-order valence-corrected chi connectivity index (χ2v) is 2.58. The fourth-order valence-corrected chi connectivity index (χ4v) is 0.972. The number of benzene rings is 1. The van der Waals surface area contributed by atoms with Crippen molar-refractivity contribution in [2.75, 3.05) is 7.11 Å². The molecule has 1 rings (SSSR count). The van der Waals surface area contributed by atoms with E-state index in [9.17, 15) is 0 Å². The molecule has 0 saturated heterocycles. The van der Waals surface area contributed by atoms with Crippen molar-refractivity contribution in [1.29, 1.82) is 0 Å². The Morgan fingerprint density at radius 2 is 2.09 bits per heavy atom. The van der Waals surface area contributed by atoms with Gasteiger partial charge in [-0.15, -0.1) is 17.0 Å². The Kier molecular flexibility index (Phi) is 9.60. The van der Waals surface area contributed by atoms with Crippen molar-refractivity contribution >= 4 is 56.0 Å². The van der Waals surface area contributed by atoms with Gasteiger partial charge in [0.2, 0.25) is 0 Å². The van der Waals surface area contributed by atoms with E-state index < -0.39 is 0 Å². The Hall–Kier alpha value is 0.746. The second-order valence-electron chi connectivity index (χ2n) is 1.66. The van der Waals surface area contributed by atoms with Gasteiger partial charge in [0.05, 0.1) is 7.11 Å². The van der Waals surface area contributed by atoms with Gasteiger partial charge in [-0.3, -0.25) is 0 Å². The van der Waals surface area contributed by atoms with Crippen molar-refractivity contribution in [3.8, 4) is 5.75 Å². The summed E-state index contributed by atoms with van der Waals surface area (Å²) < 4.78 is 6.01. The summed E-state index contributed by atoms with van der Waals surface area (Å²) in [6.07, 6.45) is 0. The Balaban J connectivity index is -0.000000101. The molecule has 0 aliphatic rings. The zero-order valence-electron chi connectivity index (χ0n) is 8.21. The summed E-state index contributed by atoms with van der Waals surface area (Å²) in [5.41, 5.74) is 0. The standard InChI is InChI=1S/C7H7BrO.BrH.Mg.2H/c1-9-7-4-2-3-6(8)5-7;;;;/h2-5H,1H3;1H;;;/q;;+2;2*-1. The Labute approximate surface area is 105 Å². The van der Waals surface area contributed by atoms with Gasteiger partial charge in [-0.2, -0.15) is 0 Å². The van der Waals surface area contributed by atoms with Crippen LogP contribution in [0.5, 0.6) is 5.75 Å². The first-order chi connectivity index (χ1) is 4.33. The van der Waals surface area contributed by atoms with E-state index in [1.54, 1.807) is 7.11 Å². The molecule has 1 nitrogen and oxygen atoms in total. The summed E-state index contributed by atoms with van der Waals surface area (Å²) in [6.45, 7) is 0. The first kappa shape index (κ1) is 14.3. The maximum Gasteiger partial charge on any atom is 2.00 e. The Morgan fingerprint density at radius 3 is 2.45 bits per heavy atom. The number of rotatable bonds is 1. The van der Waals surface area contributed by atoms with Gasteiger partial charge in [-0.1, -0.05) is 22.0 Å². The molecule has 60 valence electrons. The maximum absolute atomic E-state index is 4.96. The van der Waals surface area contributed by atoms with Gasteiger partial charge in [0.25, 0.3) is 0 Å². The molecule has 0 heterocycles.